The Labute approximate surface area is 272 Å². The molecule has 2 aromatic carbocycles. The number of nitriles is 1. The first-order valence-electron chi connectivity index (χ1n) is 15.9. The Kier molecular flexibility index (Phi) is 8.22. The van der Waals surface area contributed by atoms with E-state index in [2.05, 4.69) is 27.5 Å². The van der Waals surface area contributed by atoms with Gasteiger partial charge in [-0.15, -0.1) is 0 Å². The zero-order valence-electron chi connectivity index (χ0n) is 25.6. The monoisotopic (exact) mass is 639 g/mol. The predicted octanol–water partition coefficient (Wildman–Crippen LogP) is 6.15. The SMILES string of the molecule is C=CC(=O)N1CCC(N(CCC#N)c2nc(OCC34CCCN3CCC4)nc3c(F)c(-c4cccc5cccc(Cl)c45)ncc23)C1. The van der Waals surface area contributed by atoms with Gasteiger partial charge in [0, 0.05) is 47.8 Å². The number of carbonyl (C=O) groups is 1. The second kappa shape index (κ2) is 12.5. The number of fused-ring (bicyclic) bond motifs is 3. The molecular weight excluding hydrogens is 605 g/mol. The van der Waals surface area contributed by atoms with E-state index in [0.717, 1.165) is 44.2 Å². The van der Waals surface area contributed by atoms with Crippen LogP contribution in [0.5, 0.6) is 6.01 Å². The van der Waals surface area contributed by atoms with Crippen molar-refractivity contribution in [3.63, 3.8) is 0 Å². The molecule has 3 aliphatic heterocycles. The zero-order chi connectivity index (χ0) is 31.8. The molecule has 4 aromatic rings. The number of rotatable bonds is 9. The second-order valence-corrected chi connectivity index (χ2v) is 12.8. The molecule has 0 aliphatic carbocycles. The molecule has 3 saturated heterocycles. The Morgan fingerprint density at radius 2 is 1.98 bits per heavy atom. The molecule has 0 spiro atoms. The maximum Gasteiger partial charge on any atom is 0.319 e. The zero-order valence-corrected chi connectivity index (χ0v) is 26.3. The van der Waals surface area contributed by atoms with Gasteiger partial charge in [-0.05, 0) is 62.7 Å². The van der Waals surface area contributed by atoms with E-state index in [1.54, 1.807) is 17.2 Å². The van der Waals surface area contributed by atoms with Crippen LogP contribution in [0.25, 0.3) is 32.9 Å². The highest BCUT2D eigenvalue weighted by Gasteiger charge is 2.45. The highest BCUT2D eigenvalue weighted by atomic mass is 35.5. The molecule has 7 rings (SSSR count). The first-order valence-corrected chi connectivity index (χ1v) is 16.3. The molecule has 0 bridgehead atoms. The summed E-state index contributed by atoms with van der Waals surface area (Å²) in [5.74, 6) is -0.313. The summed E-state index contributed by atoms with van der Waals surface area (Å²) in [7, 11) is 0. The third-order valence-electron chi connectivity index (χ3n) is 9.86. The van der Waals surface area contributed by atoms with Crippen LogP contribution in [0.3, 0.4) is 0 Å². The lowest BCUT2D eigenvalue weighted by Gasteiger charge is -2.32. The summed E-state index contributed by atoms with van der Waals surface area (Å²) in [5.41, 5.74) is 0.718. The Hall–Kier alpha value is -4.33. The Balaban J connectivity index is 1.36. The molecule has 1 atom stereocenters. The van der Waals surface area contributed by atoms with E-state index in [-0.39, 0.29) is 41.1 Å². The van der Waals surface area contributed by atoms with E-state index >= 15 is 4.39 Å². The van der Waals surface area contributed by atoms with Gasteiger partial charge in [-0.2, -0.15) is 15.2 Å². The van der Waals surface area contributed by atoms with Crippen LogP contribution in [0.2, 0.25) is 5.02 Å². The summed E-state index contributed by atoms with van der Waals surface area (Å²) >= 11 is 6.62. The fourth-order valence-corrected chi connectivity index (χ4v) is 7.89. The lowest BCUT2D eigenvalue weighted by molar-refractivity contribution is -0.125. The summed E-state index contributed by atoms with van der Waals surface area (Å²) in [6, 6.07) is 13.3. The number of likely N-dealkylation sites (tertiary alicyclic amines) is 1. The summed E-state index contributed by atoms with van der Waals surface area (Å²) < 4.78 is 23.2. The van der Waals surface area contributed by atoms with Gasteiger partial charge in [0.2, 0.25) is 5.91 Å². The average Bonchev–Trinajstić information content (AvgIpc) is 3.81. The van der Waals surface area contributed by atoms with Crippen molar-refractivity contribution in [2.45, 2.75) is 50.1 Å². The Morgan fingerprint density at radius 1 is 1.20 bits per heavy atom. The van der Waals surface area contributed by atoms with Gasteiger partial charge in [-0.3, -0.25) is 14.7 Å². The van der Waals surface area contributed by atoms with Crippen LogP contribution in [0.15, 0.2) is 55.3 Å². The third-order valence-corrected chi connectivity index (χ3v) is 10.2. The molecule has 46 heavy (non-hydrogen) atoms. The molecule has 3 fully saturated rings. The number of hydrogen-bond acceptors (Lipinski definition) is 8. The normalized spacial score (nSPS) is 19.0. The average molecular weight is 640 g/mol. The first kappa shape index (κ1) is 30.3. The van der Waals surface area contributed by atoms with Crippen LogP contribution in [0, 0.1) is 17.1 Å². The Morgan fingerprint density at radius 3 is 2.74 bits per heavy atom. The van der Waals surface area contributed by atoms with Crippen LogP contribution in [0.4, 0.5) is 10.2 Å². The largest absolute Gasteiger partial charge is 0.461 e. The predicted molar refractivity (Wildman–Crippen MR) is 176 cm³/mol. The number of anilines is 1. The fourth-order valence-electron chi connectivity index (χ4n) is 7.60. The molecule has 0 saturated carbocycles. The molecule has 11 heteroatoms. The summed E-state index contributed by atoms with van der Waals surface area (Å²) in [6.07, 6.45) is 8.10. The smallest absolute Gasteiger partial charge is 0.319 e. The highest BCUT2D eigenvalue weighted by molar-refractivity contribution is 6.36. The summed E-state index contributed by atoms with van der Waals surface area (Å²) in [5, 5.41) is 12.1. The van der Waals surface area contributed by atoms with Gasteiger partial charge < -0.3 is 14.5 Å². The summed E-state index contributed by atoms with van der Waals surface area (Å²) in [4.78, 5) is 32.8. The van der Waals surface area contributed by atoms with Crippen molar-refractivity contribution in [3.05, 3.63) is 66.1 Å². The summed E-state index contributed by atoms with van der Waals surface area (Å²) in [6.45, 7) is 7.46. The number of nitrogens with zero attached hydrogens (tertiary/aromatic N) is 7. The molecule has 1 unspecified atom stereocenters. The lowest BCUT2D eigenvalue weighted by atomic mass is 9.95. The van der Waals surface area contributed by atoms with E-state index < -0.39 is 5.82 Å². The molecule has 2 aromatic heterocycles. The number of hydrogen-bond donors (Lipinski definition) is 0. The minimum atomic E-state index is -0.602. The number of ether oxygens (including phenoxy) is 1. The van der Waals surface area contributed by atoms with Crippen LogP contribution < -0.4 is 9.64 Å². The number of pyridine rings is 1. The minimum Gasteiger partial charge on any atom is -0.461 e. The number of aromatic nitrogens is 3. The van der Waals surface area contributed by atoms with Crippen LogP contribution >= 0.6 is 11.6 Å². The maximum absolute atomic E-state index is 16.8. The van der Waals surface area contributed by atoms with E-state index in [9.17, 15) is 10.1 Å². The highest BCUT2D eigenvalue weighted by Crippen LogP contribution is 2.41. The topological polar surface area (TPSA) is 98.5 Å². The van der Waals surface area contributed by atoms with Gasteiger partial charge in [0.25, 0.3) is 0 Å². The maximum atomic E-state index is 16.8. The molecule has 5 heterocycles. The van der Waals surface area contributed by atoms with Gasteiger partial charge in [0.05, 0.1) is 23.4 Å². The first-order chi connectivity index (χ1) is 22.4. The third kappa shape index (κ3) is 5.31. The van der Waals surface area contributed by atoms with Crippen molar-refractivity contribution >= 4 is 45.0 Å². The van der Waals surface area contributed by atoms with Crippen LogP contribution in [-0.4, -0.2) is 81.6 Å². The van der Waals surface area contributed by atoms with E-state index in [0.29, 0.717) is 59.8 Å². The molecule has 0 N–H and O–H groups in total. The van der Waals surface area contributed by atoms with Crippen LogP contribution in [-0.2, 0) is 4.79 Å². The number of amides is 1. The quantitative estimate of drug-likeness (QED) is 0.201. The van der Waals surface area contributed by atoms with Crippen molar-refractivity contribution in [1.29, 1.82) is 5.26 Å². The molecular formula is C35H35ClFN7O2. The standard InChI is InChI=1S/C35H35ClFN7O2/c1-2-28(45)42-19-12-24(21-42)44(18-7-15-38)33-26-20-39-31(25-10-3-8-23-9-4-11-27(36)29(23)25)30(37)32(26)40-34(41-33)46-22-35-13-5-16-43(35)17-6-14-35/h2-4,8-11,20,24H,1,5-7,12-14,16-19,21-22H2. The fraction of sp³-hybridized carbons (Fsp3) is 0.400. The second-order valence-electron chi connectivity index (χ2n) is 12.4. The van der Waals surface area contributed by atoms with Crippen molar-refractivity contribution in [2.24, 2.45) is 0 Å². The molecule has 1 amide bonds. The Bertz CT molecular complexity index is 1860. The van der Waals surface area contributed by atoms with Gasteiger partial charge in [0.15, 0.2) is 5.82 Å². The van der Waals surface area contributed by atoms with Crippen LogP contribution in [0.1, 0.15) is 38.5 Å². The van der Waals surface area contributed by atoms with Gasteiger partial charge in [0.1, 0.15) is 23.6 Å². The van der Waals surface area contributed by atoms with E-state index in [4.69, 9.17) is 21.3 Å². The van der Waals surface area contributed by atoms with Crippen molar-refractivity contribution < 1.29 is 13.9 Å². The molecule has 9 nitrogen and oxygen atoms in total. The number of halogens is 2. The van der Waals surface area contributed by atoms with Crippen molar-refractivity contribution in [2.75, 3.05) is 44.2 Å². The molecule has 236 valence electrons. The lowest BCUT2D eigenvalue weighted by Crippen LogP contribution is -2.43. The number of benzene rings is 2. The van der Waals surface area contributed by atoms with Gasteiger partial charge in [-0.1, -0.05) is 48.5 Å². The number of carbonyl (C=O) groups excluding carboxylic acids is 1. The van der Waals surface area contributed by atoms with E-state index in [1.165, 1.54) is 6.08 Å². The van der Waals surface area contributed by atoms with E-state index in [1.807, 2.05) is 35.2 Å². The van der Waals surface area contributed by atoms with Crippen molar-refractivity contribution in [3.8, 4) is 23.3 Å². The molecule has 3 aliphatic rings. The van der Waals surface area contributed by atoms with Gasteiger partial charge >= 0.3 is 6.01 Å². The van der Waals surface area contributed by atoms with Gasteiger partial charge in [-0.25, -0.2) is 4.39 Å². The molecule has 0 radical (unpaired) electrons. The van der Waals surface area contributed by atoms with Crippen molar-refractivity contribution in [1.82, 2.24) is 24.8 Å². The minimum absolute atomic E-state index is 0.0579.